The molecule has 0 bridgehead atoms. The van der Waals surface area contributed by atoms with E-state index in [-0.39, 0.29) is 5.92 Å². The lowest BCUT2D eigenvalue weighted by Crippen LogP contribution is -2.01. The van der Waals surface area contributed by atoms with Gasteiger partial charge in [0.2, 0.25) is 0 Å². The zero-order valence-corrected chi connectivity index (χ0v) is 6.92. The summed E-state index contributed by atoms with van der Waals surface area (Å²) in [5.41, 5.74) is 0. The van der Waals surface area contributed by atoms with Gasteiger partial charge in [-0.25, -0.2) is 0 Å². The average Bonchev–Trinajstić information content (AvgIpc) is 2.37. The summed E-state index contributed by atoms with van der Waals surface area (Å²) in [5.74, 6) is 0.416. The number of rotatable bonds is 3. The van der Waals surface area contributed by atoms with Crippen LogP contribution < -0.4 is 0 Å². The van der Waals surface area contributed by atoms with E-state index in [4.69, 9.17) is 0 Å². The molecule has 0 aromatic heterocycles. The molecule has 1 aliphatic carbocycles. The molecule has 0 fully saturated rings. The maximum Gasteiger partial charge on any atom is 0.147 e. The van der Waals surface area contributed by atoms with Gasteiger partial charge in [-0.15, -0.1) is 0 Å². The van der Waals surface area contributed by atoms with Crippen molar-refractivity contribution in [3.05, 3.63) is 24.3 Å². The van der Waals surface area contributed by atoms with Crippen LogP contribution in [0.4, 0.5) is 0 Å². The topological polar surface area (TPSA) is 17.1 Å². The largest absolute Gasteiger partial charge is 0.298 e. The lowest BCUT2D eigenvalue weighted by molar-refractivity contribution is -0.118. The lowest BCUT2D eigenvalue weighted by atomic mass is 10.1. The third-order valence-electron chi connectivity index (χ3n) is 1.83. The van der Waals surface area contributed by atoms with E-state index < -0.39 is 0 Å². The van der Waals surface area contributed by atoms with Gasteiger partial charge in [-0.3, -0.25) is 4.79 Å². The van der Waals surface area contributed by atoms with Gasteiger partial charge < -0.3 is 0 Å². The maximum atomic E-state index is 11.1. The van der Waals surface area contributed by atoms with E-state index in [0.717, 1.165) is 12.8 Å². The number of ketones is 1. The fraction of sp³-hybridized carbons (Fsp3) is 0.500. The van der Waals surface area contributed by atoms with E-state index in [9.17, 15) is 4.79 Å². The summed E-state index contributed by atoms with van der Waals surface area (Å²) in [7, 11) is 0. The highest BCUT2D eigenvalue weighted by Crippen LogP contribution is 2.14. The van der Waals surface area contributed by atoms with Crippen molar-refractivity contribution in [1.82, 2.24) is 0 Å². The highest BCUT2D eigenvalue weighted by molar-refractivity contribution is 5.88. The highest BCUT2D eigenvalue weighted by Gasteiger charge is 2.14. The Morgan fingerprint density at radius 3 is 3.09 bits per heavy atom. The van der Waals surface area contributed by atoms with Crippen LogP contribution in [-0.4, -0.2) is 5.78 Å². The first-order valence-electron chi connectivity index (χ1n) is 4.20. The predicted octanol–water partition coefficient (Wildman–Crippen LogP) is 2.49. The minimum absolute atomic E-state index is 0.0848. The molecule has 1 rings (SSSR count). The third-order valence-corrected chi connectivity index (χ3v) is 1.83. The molecule has 0 aromatic rings. The Morgan fingerprint density at radius 2 is 2.55 bits per heavy atom. The molecule has 0 aliphatic heterocycles. The molecule has 11 heavy (non-hydrogen) atoms. The van der Waals surface area contributed by atoms with Crippen molar-refractivity contribution < 1.29 is 4.79 Å². The Hall–Kier alpha value is -0.850. The zero-order valence-electron chi connectivity index (χ0n) is 6.92. The Bertz CT molecular complexity index is 189. The predicted molar refractivity (Wildman–Crippen MR) is 46.3 cm³/mol. The maximum absolute atomic E-state index is 11.1. The molecule has 0 amide bonds. The third kappa shape index (κ3) is 2.34. The molecule has 60 valence electrons. The van der Waals surface area contributed by atoms with Gasteiger partial charge in [0.25, 0.3) is 0 Å². The van der Waals surface area contributed by atoms with Gasteiger partial charge in [-0.1, -0.05) is 37.6 Å². The van der Waals surface area contributed by atoms with Crippen LogP contribution in [-0.2, 0) is 4.79 Å². The molecule has 0 N–H and O–H groups in total. The second-order valence-corrected chi connectivity index (χ2v) is 2.84. The smallest absolute Gasteiger partial charge is 0.147 e. The first-order valence-corrected chi connectivity index (χ1v) is 4.20. The number of carbonyl (C=O) groups excluding carboxylic acids is 1. The number of allylic oxidation sites excluding steroid dienone is 4. The standard InChI is InChI=1S/C10H14O/c1-2-3-4-6-9-7-5-8-10(9)11/h4-7,9H,2-3,8H2,1H3/b6-4-. The Labute approximate surface area is 67.8 Å². The van der Waals surface area contributed by atoms with Crippen molar-refractivity contribution in [2.24, 2.45) is 5.92 Å². The first kappa shape index (κ1) is 8.25. The van der Waals surface area contributed by atoms with Crippen molar-refractivity contribution in [1.29, 1.82) is 0 Å². The number of carbonyl (C=O) groups is 1. The normalized spacial score (nSPS) is 23.7. The van der Waals surface area contributed by atoms with E-state index in [1.165, 1.54) is 0 Å². The molecule has 0 saturated carbocycles. The summed E-state index contributed by atoms with van der Waals surface area (Å²) in [4.78, 5) is 11.1. The van der Waals surface area contributed by atoms with Gasteiger partial charge in [0, 0.05) is 6.42 Å². The van der Waals surface area contributed by atoms with Crippen LogP contribution in [0.3, 0.4) is 0 Å². The Balaban J connectivity index is 2.36. The van der Waals surface area contributed by atoms with Gasteiger partial charge in [0.15, 0.2) is 0 Å². The van der Waals surface area contributed by atoms with Crippen molar-refractivity contribution in [3.63, 3.8) is 0 Å². The van der Waals surface area contributed by atoms with Crippen LogP contribution in [0.2, 0.25) is 0 Å². The monoisotopic (exact) mass is 150 g/mol. The number of unbranched alkanes of at least 4 members (excludes halogenated alkanes) is 1. The Morgan fingerprint density at radius 1 is 1.73 bits per heavy atom. The molecule has 1 unspecified atom stereocenters. The molecular weight excluding hydrogens is 136 g/mol. The minimum Gasteiger partial charge on any atom is -0.298 e. The van der Waals surface area contributed by atoms with E-state index >= 15 is 0 Å². The molecule has 0 aromatic carbocycles. The summed E-state index contributed by atoms with van der Waals surface area (Å²) >= 11 is 0. The summed E-state index contributed by atoms with van der Waals surface area (Å²) in [6, 6.07) is 0. The lowest BCUT2D eigenvalue weighted by Gasteiger charge is -1.96. The molecular formula is C10H14O. The van der Waals surface area contributed by atoms with Gasteiger partial charge in [-0.2, -0.15) is 0 Å². The molecule has 1 heteroatoms. The van der Waals surface area contributed by atoms with E-state index in [0.29, 0.717) is 12.2 Å². The second kappa shape index (κ2) is 4.12. The average molecular weight is 150 g/mol. The number of Topliss-reactive ketones (excluding diaryl/α,β-unsaturated/α-hetero) is 1. The highest BCUT2D eigenvalue weighted by atomic mass is 16.1. The quantitative estimate of drug-likeness (QED) is 0.565. The zero-order chi connectivity index (χ0) is 8.10. The van der Waals surface area contributed by atoms with Crippen molar-refractivity contribution in [2.75, 3.05) is 0 Å². The van der Waals surface area contributed by atoms with Gasteiger partial charge in [-0.05, 0) is 6.42 Å². The minimum atomic E-state index is 0.0848. The number of hydrogen-bond donors (Lipinski definition) is 0. The summed E-state index contributed by atoms with van der Waals surface area (Å²) in [6.45, 7) is 2.14. The molecule has 0 radical (unpaired) electrons. The van der Waals surface area contributed by atoms with E-state index in [1.54, 1.807) is 0 Å². The van der Waals surface area contributed by atoms with Crippen LogP contribution >= 0.6 is 0 Å². The number of hydrogen-bond acceptors (Lipinski definition) is 1. The summed E-state index contributed by atoms with van der Waals surface area (Å²) < 4.78 is 0. The van der Waals surface area contributed by atoms with Gasteiger partial charge >= 0.3 is 0 Å². The van der Waals surface area contributed by atoms with Gasteiger partial charge in [0.1, 0.15) is 5.78 Å². The SMILES string of the molecule is CCC/C=C\C1C=CCC1=O. The van der Waals surface area contributed by atoms with E-state index in [1.807, 2.05) is 18.2 Å². The van der Waals surface area contributed by atoms with Gasteiger partial charge in [0.05, 0.1) is 5.92 Å². The molecule has 0 heterocycles. The Kier molecular flexibility index (Phi) is 3.09. The van der Waals surface area contributed by atoms with Crippen LogP contribution in [0.5, 0.6) is 0 Å². The van der Waals surface area contributed by atoms with E-state index in [2.05, 4.69) is 13.0 Å². The second-order valence-electron chi connectivity index (χ2n) is 2.84. The van der Waals surface area contributed by atoms with Crippen LogP contribution in [0.1, 0.15) is 26.2 Å². The molecule has 1 aliphatic rings. The first-order chi connectivity index (χ1) is 5.34. The fourth-order valence-corrected chi connectivity index (χ4v) is 1.16. The van der Waals surface area contributed by atoms with Crippen LogP contribution in [0.15, 0.2) is 24.3 Å². The molecule has 1 atom stereocenters. The van der Waals surface area contributed by atoms with Crippen LogP contribution in [0, 0.1) is 5.92 Å². The van der Waals surface area contributed by atoms with Crippen molar-refractivity contribution in [2.45, 2.75) is 26.2 Å². The van der Waals surface area contributed by atoms with Crippen molar-refractivity contribution >= 4 is 5.78 Å². The summed E-state index contributed by atoms with van der Waals surface area (Å²) in [5, 5.41) is 0. The molecule has 0 saturated heterocycles. The fourth-order valence-electron chi connectivity index (χ4n) is 1.16. The molecule has 0 spiro atoms. The van der Waals surface area contributed by atoms with Crippen molar-refractivity contribution in [3.8, 4) is 0 Å². The summed E-state index contributed by atoms with van der Waals surface area (Å²) in [6.07, 6.45) is 10.9. The van der Waals surface area contributed by atoms with Crippen LogP contribution in [0.25, 0.3) is 0 Å². The molecule has 1 nitrogen and oxygen atoms in total.